The lowest BCUT2D eigenvalue weighted by Crippen LogP contribution is -2.52. The van der Waals surface area contributed by atoms with E-state index in [1.807, 2.05) is 4.90 Å². The van der Waals surface area contributed by atoms with Crippen LogP contribution in [0.25, 0.3) is 0 Å². The second-order valence-electron chi connectivity index (χ2n) is 4.78. The molecule has 1 saturated heterocycles. The molecule has 1 aliphatic rings. The van der Waals surface area contributed by atoms with Crippen LogP contribution in [-0.4, -0.2) is 60.2 Å². The fourth-order valence-electron chi connectivity index (χ4n) is 2.07. The molecule has 0 bridgehead atoms. The Balaban J connectivity index is 1.74. The summed E-state index contributed by atoms with van der Waals surface area (Å²) in [5, 5.41) is 0. The molecule has 1 aromatic rings. The average molecular weight is 294 g/mol. The Morgan fingerprint density at radius 2 is 1.90 bits per heavy atom. The van der Waals surface area contributed by atoms with Crippen molar-refractivity contribution in [3.05, 3.63) is 24.2 Å². The van der Waals surface area contributed by atoms with Crippen LogP contribution in [0.15, 0.2) is 22.8 Å². The third kappa shape index (κ3) is 4.32. The summed E-state index contributed by atoms with van der Waals surface area (Å²) < 4.78 is 5.09. The lowest BCUT2D eigenvalue weighted by atomic mass is 10.3. The van der Waals surface area contributed by atoms with Crippen molar-refractivity contribution in [1.29, 1.82) is 0 Å². The van der Waals surface area contributed by atoms with E-state index >= 15 is 0 Å². The average Bonchev–Trinajstić information content (AvgIpc) is 2.99. The molecule has 0 spiro atoms. The molecule has 114 valence electrons. The zero-order valence-corrected chi connectivity index (χ0v) is 11.8. The summed E-state index contributed by atoms with van der Waals surface area (Å²) in [7, 11) is 0. The fourth-order valence-corrected chi connectivity index (χ4v) is 2.07. The molecule has 0 unspecified atom stereocenters. The quantitative estimate of drug-likeness (QED) is 0.712. The molecule has 0 saturated carbocycles. The molecule has 0 atom stereocenters. The van der Waals surface area contributed by atoms with Gasteiger partial charge in [0.05, 0.1) is 12.8 Å². The van der Waals surface area contributed by atoms with E-state index in [0.717, 1.165) is 0 Å². The van der Waals surface area contributed by atoms with Crippen molar-refractivity contribution in [1.82, 2.24) is 20.7 Å². The number of carbonyl (C=O) groups excluding carboxylic acids is 3. The number of hydrogen-bond donors (Lipinski definition) is 2. The topological polar surface area (TPSA) is 94.9 Å². The molecule has 8 heteroatoms. The maximum absolute atomic E-state index is 12.1. The number of amides is 3. The van der Waals surface area contributed by atoms with Gasteiger partial charge in [-0.05, 0) is 12.1 Å². The highest BCUT2D eigenvalue weighted by atomic mass is 16.3. The van der Waals surface area contributed by atoms with Gasteiger partial charge >= 0.3 is 0 Å². The van der Waals surface area contributed by atoms with Gasteiger partial charge in [0.1, 0.15) is 0 Å². The summed E-state index contributed by atoms with van der Waals surface area (Å²) in [6.45, 7) is 3.77. The number of rotatable bonds is 3. The summed E-state index contributed by atoms with van der Waals surface area (Å²) in [5.41, 5.74) is 4.55. The SMILES string of the molecule is CC(=O)NNC(=O)CN1CCN(C(=O)c2ccco2)CC1. The Morgan fingerprint density at radius 1 is 1.19 bits per heavy atom. The number of carbonyl (C=O) groups is 3. The van der Waals surface area contributed by atoms with Gasteiger partial charge < -0.3 is 9.32 Å². The number of nitrogens with one attached hydrogen (secondary N) is 2. The fraction of sp³-hybridized carbons (Fsp3) is 0.462. The van der Waals surface area contributed by atoms with Crippen molar-refractivity contribution in [3.63, 3.8) is 0 Å². The second kappa shape index (κ2) is 6.89. The van der Waals surface area contributed by atoms with Crippen LogP contribution in [0, 0.1) is 0 Å². The first kappa shape index (κ1) is 15.0. The van der Waals surface area contributed by atoms with Gasteiger partial charge in [-0.2, -0.15) is 0 Å². The van der Waals surface area contributed by atoms with Gasteiger partial charge in [-0.3, -0.25) is 30.1 Å². The van der Waals surface area contributed by atoms with Gasteiger partial charge in [-0.25, -0.2) is 0 Å². The highest BCUT2D eigenvalue weighted by molar-refractivity contribution is 5.91. The van der Waals surface area contributed by atoms with Crippen LogP contribution in [0.3, 0.4) is 0 Å². The number of nitrogens with zero attached hydrogens (tertiary/aromatic N) is 2. The molecule has 1 aliphatic heterocycles. The third-order valence-electron chi connectivity index (χ3n) is 3.14. The van der Waals surface area contributed by atoms with E-state index in [1.54, 1.807) is 17.0 Å². The minimum Gasteiger partial charge on any atom is -0.459 e. The number of hydrogen-bond acceptors (Lipinski definition) is 5. The highest BCUT2D eigenvalue weighted by Gasteiger charge is 2.24. The van der Waals surface area contributed by atoms with Crippen LogP contribution >= 0.6 is 0 Å². The summed E-state index contributed by atoms with van der Waals surface area (Å²) in [6, 6.07) is 3.31. The molecular weight excluding hydrogens is 276 g/mol. The molecule has 3 amide bonds. The molecule has 8 nitrogen and oxygen atoms in total. The molecule has 21 heavy (non-hydrogen) atoms. The Kier molecular flexibility index (Phi) is 4.94. The number of piperazine rings is 1. The second-order valence-corrected chi connectivity index (χ2v) is 4.78. The van der Waals surface area contributed by atoms with Gasteiger partial charge in [0, 0.05) is 33.1 Å². The lowest BCUT2D eigenvalue weighted by molar-refractivity contribution is -0.128. The van der Waals surface area contributed by atoms with Crippen molar-refractivity contribution < 1.29 is 18.8 Å². The normalized spacial score (nSPS) is 15.6. The van der Waals surface area contributed by atoms with E-state index in [0.29, 0.717) is 31.9 Å². The van der Waals surface area contributed by atoms with Crippen molar-refractivity contribution >= 4 is 17.7 Å². The first-order valence-electron chi connectivity index (χ1n) is 6.67. The van der Waals surface area contributed by atoms with Crippen LogP contribution in [0.1, 0.15) is 17.5 Å². The molecule has 1 fully saturated rings. The molecular formula is C13H18N4O4. The van der Waals surface area contributed by atoms with Gasteiger partial charge in [-0.15, -0.1) is 0 Å². The first-order chi connectivity index (χ1) is 10.1. The standard InChI is InChI=1S/C13H18N4O4/c1-10(18)14-15-12(19)9-16-4-6-17(7-5-16)13(20)11-3-2-8-21-11/h2-3,8H,4-7,9H2,1H3,(H,14,18)(H,15,19). The Bertz CT molecular complexity index is 506. The third-order valence-corrected chi connectivity index (χ3v) is 3.14. The summed E-state index contributed by atoms with van der Waals surface area (Å²) in [4.78, 5) is 37.9. The Morgan fingerprint density at radius 3 is 2.48 bits per heavy atom. The van der Waals surface area contributed by atoms with E-state index in [1.165, 1.54) is 13.2 Å². The Labute approximate surface area is 122 Å². The van der Waals surface area contributed by atoms with Crippen molar-refractivity contribution in [2.24, 2.45) is 0 Å². The van der Waals surface area contributed by atoms with E-state index < -0.39 is 0 Å². The van der Waals surface area contributed by atoms with Crippen molar-refractivity contribution in [2.45, 2.75) is 6.92 Å². The minimum atomic E-state index is -0.322. The van der Waals surface area contributed by atoms with Crippen LogP contribution in [0.4, 0.5) is 0 Å². The number of furan rings is 1. The Hall–Kier alpha value is -2.35. The van der Waals surface area contributed by atoms with Crippen LogP contribution in [-0.2, 0) is 9.59 Å². The van der Waals surface area contributed by atoms with Crippen molar-refractivity contribution in [3.8, 4) is 0 Å². The maximum Gasteiger partial charge on any atom is 0.289 e. The van der Waals surface area contributed by atoms with Gasteiger partial charge in [-0.1, -0.05) is 0 Å². The van der Waals surface area contributed by atoms with Crippen LogP contribution < -0.4 is 10.9 Å². The van der Waals surface area contributed by atoms with Crippen LogP contribution in [0.2, 0.25) is 0 Å². The van der Waals surface area contributed by atoms with Gasteiger partial charge in [0.25, 0.3) is 11.8 Å². The summed E-state index contributed by atoms with van der Waals surface area (Å²) >= 11 is 0. The molecule has 2 N–H and O–H groups in total. The maximum atomic E-state index is 12.1. The summed E-state index contributed by atoms with van der Waals surface area (Å²) in [6.07, 6.45) is 1.47. The van der Waals surface area contributed by atoms with Gasteiger partial charge in [0.15, 0.2) is 5.76 Å². The molecule has 0 aliphatic carbocycles. The highest BCUT2D eigenvalue weighted by Crippen LogP contribution is 2.09. The largest absolute Gasteiger partial charge is 0.459 e. The predicted molar refractivity (Wildman–Crippen MR) is 73.0 cm³/mol. The summed E-state index contributed by atoms with van der Waals surface area (Å²) in [5.74, 6) is -0.414. The molecule has 1 aromatic heterocycles. The van der Waals surface area contributed by atoms with Gasteiger partial charge in [0.2, 0.25) is 5.91 Å². The molecule has 2 rings (SSSR count). The monoisotopic (exact) mass is 294 g/mol. The predicted octanol–water partition coefficient (Wildman–Crippen LogP) is -0.795. The molecule has 2 heterocycles. The first-order valence-corrected chi connectivity index (χ1v) is 6.67. The minimum absolute atomic E-state index is 0.137. The van der Waals surface area contributed by atoms with E-state index in [9.17, 15) is 14.4 Å². The zero-order chi connectivity index (χ0) is 15.2. The molecule has 0 aromatic carbocycles. The number of hydrazine groups is 1. The molecule has 0 radical (unpaired) electrons. The van der Waals surface area contributed by atoms with Crippen LogP contribution in [0.5, 0.6) is 0 Å². The van der Waals surface area contributed by atoms with Crippen molar-refractivity contribution in [2.75, 3.05) is 32.7 Å². The van der Waals surface area contributed by atoms with E-state index in [2.05, 4.69) is 10.9 Å². The van der Waals surface area contributed by atoms with E-state index in [-0.39, 0.29) is 24.3 Å². The van der Waals surface area contributed by atoms with E-state index in [4.69, 9.17) is 4.42 Å². The smallest absolute Gasteiger partial charge is 0.289 e. The zero-order valence-electron chi connectivity index (χ0n) is 11.8. The lowest BCUT2D eigenvalue weighted by Gasteiger charge is -2.33.